The molecule has 0 fully saturated rings. The van der Waals surface area contributed by atoms with Crippen LogP contribution in [0.5, 0.6) is 5.88 Å². The lowest BCUT2D eigenvalue weighted by molar-refractivity contribution is -0.577. The zero-order valence-electron chi connectivity index (χ0n) is 20.7. The molecule has 0 atom stereocenters. The van der Waals surface area contributed by atoms with Crippen LogP contribution in [0.4, 0.5) is 10.1 Å². The van der Waals surface area contributed by atoms with E-state index in [1.807, 2.05) is 26.8 Å². The number of pyridine rings is 1. The predicted octanol–water partition coefficient (Wildman–Crippen LogP) is 3.88. The van der Waals surface area contributed by atoms with Gasteiger partial charge in [0.1, 0.15) is 11.4 Å². The first-order chi connectivity index (χ1) is 17.8. The highest BCUT2D eigenvalue weighted by molar-refractivity contribution is 6.53. The van der Waals surface area contributed by atoms with E-state index in [-0.39, 0.29) is 16.8 Å². The van der Waals surface area contributed by atoms with Crippen LogP contribution in [0.1, 0.15) is 35.7 Å². The molecule has 7 nitrogen and oxygen atoms in total. The molecule has 4 aromatic rings. The number of amides is 2. The Balaban J connectivity index is 1.79. The zero-order valence-corrected chi connectivity index (χ0v) is 20.7. The van der Waals surface area contributed by atoms with Gasteiger partial charge in [0, 0.05) is 17.2 Å². The van der Waals surface area contributed by atoms with Crippen LogP contribution < -0.4 is 14.6 Å². The van der Waals surface area contributed by atoms with E-state index in [9.17, 15) is 19.1 Å². The molecule has 0 unspecified atom stereocenters. The number of para-hydroxylation sites is 1. The van der Waals surface area contributed by atoms with Gasteiger partial charge in [-0.25, -0.2) is 14.0 Å². The van der Waals surface area contributed by atoms with Crippen molar-refractivity contribution in [3.8, 4) is 11.6 Å². The van der Waals surface area contributed by atoms with Crippen molar-refractivity contribution in [2.24, 2.45) is 0 Å². The second kappa shape index (κ2) is 9.46. The van der Waals surface area contributed by atoms with Crippen LogP contribution in [0.2, 0.25) is 0 Å². The third-order valence-corrected chi connectivity index (χ3v) is 6.50. The fourth-order valence-electron chi connectivity index (χ4n) is 4.48. The fraction of sp³-hybridized carbons (Fsp3) is 0.172. The Hall–Kier alpha value is -4.59. The second-order valence-corrected chi connectivity index (χ2v) is 8.99. The number of imide groups is 1. The van der Waals surface area contributed by atoms with Crippen molar-refractivity contribution in [3.63, 3.8) is 0 Å². The molecule has 37 heavy (non-hydrogen) atoms. The first-order valence-corrected chi connectivity index (χ1v) is 12.0. The maximum absolute atomic E-state index is 14.0. The van der Waals surface area contributed by atoms with Gasteiger partial charge in [0.15, 0.2) is 12.4 Å². The maximum atomic E-state index is 14.0. The topological polar surface area (TPSA) is 82.1 Å². The molecular weight excluding hydrogens is 471 g/mol. The molecule has 186 valence electrons. The summed E-state index contributed by atoms with van der Waals surface area (Å²) >= 11 is 0. The zero-order chi connectivity index (χ0) is 26.3. The molecule has 2 aromatic heterocycles. The van der Waals surface area contributed by atoms with Gasteiger partial charge < -0.3 is 5.11 Å². The van der Waals surface area contributed by atoms with E-state index in [4.69, 9.17) is 0 Å². The molecule has 0 N–H and O–H groups in total. The van der Waals surface area contributed by atoms with Crippen LogP contribution in [0, 0.1) is 19.7 Å². The average molecular weight is 497 g/mol. The van der Waals surface area contributed by atoms with Gasteiger partial charge >= 0.3 is 5.91 Å². The van der Waals surface area contributed by atoms with Crippen molar-refractivity contribution in [3.05, 3.63) is 101 Å². The summed E-state index contributed by atoms with van der Waals surface area (Å²) in [5.74, 6) is -2.10. The maximum Gasteiger partial charge on any atom is 0.331 e. The molecule has 0 spiro atoms. The molecule has 2 amide bonds. The molecule has 1 aliphatic rings. The van der Waals surface area contributed by atoms with Crippen LogP contribution in [0.3, 0.4) is 0 Å². The van der Waals surface area contributed by atoms with Crippen molar-refractivity contribution in [2.75, 3.05) is 4.90 Å². The van der Waals surface area contributed by atoms with Gasteiger partial charge in [0.05, 0.1) is 17.1 Å². The molecule has 0 bridgehead atoms. The summed E-state index contributed by atoms with van der Waals surface area (Å²) < 4.78 is 16.3. The van der Waals surface area contributed by atoms with Gasteiger partial charge in [-0.3, -0.25) is 9.59 Å². The van der Waals surface area contributed by atoms with E-state index in [0.29, 0.717) is 29.9 Å². The van der Waals surface area contributed by atoms with Gasteiger partial charge in [-0.05, 0) is 68.1 Å². The Labute approximate surface area is 213 Å². The smallest absolute Gasteiger partial charge is 0.331 e. The van der Waals surface area contributed by atoms with Crippen LogP contribution in [0.15, 0.2) is 73.1 Å². The summed E-state index contributed by atoms with van der Waals surface area (Å²) in [5.41, 5.74) is 3.31. The third-order valence-electron chi connectivity index (χ3n) is 6.50. The Bertz CT molecular complexity index is 1560. The van der Waals surface area contributed by atoms with E-state index in [2.05, 4.69) is 5.10 Å². The standard InChI is InChI=1S/C29H25FN4O3/c1-4-8-23-24(28(36)34(31-23)22-13-11-20(30)12-14-22)25-26(32-16-15-18(2)19(3)17-32)29(37)33(27(25)35)21-9-6-5-7-10-21/h5-7,9-17H,4,8H2,1-3H3. The molecule has 0 saturated heterocycles. The van der Waals surface area contributed by atoms with Crippen LogP contribution in [0.25, 0.3) is 17.0 Å². The number of benzene rings is 2. The highest BCUT2D eigenvalue weighted by Gasteiger charge is 2.47. The summed E-state index contributed by atoms with van der Waals surface area (Å²) in [6.45, 7) is 5.81. The number of nitrogens with zero attached hydrogens (tertiary/aromatic N) is 4. The Kier molecular flexibility index (Phi) is 6.17. The molecule has 2 aromatic carbocycles. The Morgan fingerprint density at radius 1 is 0.919 bits per heavy atom. The highest BCUT2D eigenvalue weighted by Crippen LogP contribution is 2.39. The lowest BCUT2D eigenvalue weighted by Gasteiger charge is -2.15. The third kappa shape index (κ3) is 4.10. The van der Waals surface area contributed by atoms with E-state index in [0.717, 1.165) is 16.0 Å². The molecule has 8 heteroatoms. The van der Waals surface area contributed by atoms with Crippen molar-refractivity contribution in [2.45, 2.75) is 33.6 Å². The SMILES string of the molecule is CCCc1nn(-c2ccc(F)cc2)c([O-])c1C1=C([n+]2ccc(C)c(C)c2)C(=O)N(c2ccccc2)C1=O. The molecule has 5 rings (SSSR count). The van der Waals surface area contributed by atoms with Crippen molar-refractivity contribution < 1.29 is 23.7 Å². The lowest BCUT2D eigenvalue weighted by atomic mass is 10.0. The summed E-state index contributed by atoms with van der Waals surface area (Å²) in [7, 11) is 0. The minimum absolute atomic E-state index is 0.00363. The second-order valence-electron chi connectivity index (χ2n) is 8.99. The monoisotopic (exact) mass is 496 g/mol. The van der Waals surface area contributed by atoms with E-state index in [1.54, 1.807) is 47.3 Å². The normalized spacial score (nSPS) is 13.7. The van der Waals surface area contributed by atoms with Crippen LogP contribution >= 0.6 is 0 Å². The number of hydrogen-bond donors (Lipinski definition) is 0. The number of carbonyl (C=O) groups is 2. The molecule has 1 aliphatic heterocycles. The Morgan fingerprint density at radius 2 is 1.62 bits per heavy atom. The number of carbonyl (C=O) groups excluding carboxylic acids is 2. The first kappa shape index (κ1) is 24.1. The van der Waals surface area contributed by atoms with Crippen LogP contribution in [-0.4, -0.2) is 21.6 Å². The molecule has 0 radical (unpaired) electrons. The van der Waals surface area contributed by atoms with E-state index >= 15 is 0 Å². The number of rotatable bonds is 6. The quantitative estimate of drug-likeness (QED) is 0.300. The molecule has 3 heterocycles. The van der Waals surface area contributed by atoms with Gasteiger partial charge in [-0.15, -0.1) is 0 Å². The van der Waals surface area contributed by atoms with Gasteiger partial charge in [-0.2, -0.15) is 9.67 Å². The van der Waals surface area contributed by atoms with E-state index < -0.39 is 23.5 Å². The van der Waals surface area contributed by atoms with Crippen molar-refractivity contribution in [1.82, 2.24) is 9.78 Å². The van der Waals surface area contributed by atoms with E-state index in [1.165, 1.54) is 28.9 Å². The number of aromatic nitrogens is 3. The summed E-state index contributed by atoms with van der Waals surface area (Å²) in [5, 5.41) is 18.3. The first-order valence-electron chi connectivity index (χ1n) is 12.0. The minimum atomic E-state index is -0.593. The number of hydrogen-bond acceptors (Lipinski definition) is 4. The number of anilines is 1. The van der Waals surface area contributed by atoms with Gasteiger partial charge in [-0.1, -0.05) is 31.5 Å². The fourth-order valence-corrected chi connectivity index (χ4v) is 4.48. The largest absolute Gasteiger partial charge is 0.858 e. The number of halogens is 1. The van der Waals surface area contributed by atoms with Crippen LogP contribution in [-0.2, 0) is 16.0 Å². The lowest BCUT2D eigenvalue weighted by Crippen LogP contribution is -2.40. The van der Waals surface area contributed by atoms with Gasteiger partial charge in [0.2, 0.25) is 0 Å². The van der Waals surface area contributed by atoms with Crippen molar-refractivity contribution in [1.29, 1.82) is 0 Å². The molecule has 0 saturated carbocycles. The minimum Gasteiger partial charge on any atom is -0.858 e. The van der Waals surface area contributed by atoms with Gasteiger partial charge in [0.25, 0.3) is 11.6 Å². The molecular formula is C29H25FN4O3. The summed E-state index contributed by atoms with van der Waals surface area (Å²) in [6.07, 6.45) is 4.57. The predicted molar refractivity (Wildman–Crippen MR) is 135 cm³/mol. The summed E-state index contributed by atoms with van der Waals surface area (Å²) in [6, 6.07) is 15.9. The highest BCUT2D eigenvalue weighted by atomic mass is 19.1. The Morgan fingerprint density at radius 3 is 2.27 bits per heavy atom. The number of aryl methyl sites for hydroxylation is 3. The average Bonchev–Trinajstić information content (AvgIpc) is 3.34. The summed E-state index contributed by atoms with van der Waals surface area (Å²) in [4.78, 5) is 28.9. The van der Waals surface area contributed by atoms with Crippen molar-refractivity contribution >= 4 is 28.8 Å². The molecule has 0 aliphatic carbocycles.